The number of amides is 1. The summed E-state index contributed by atoms with van der Waals surface area (Å²) in [5, 5.41) is 1.10. The number of rotatable bonds is 5. The van der Waals surface area contributed by atoms with Gasteiger partial charge in [0.05, 0.1) is 17.8 Å². The van der Waals surface area contributed by atoms with E-state index in [0.717, 1.165) is 16.9 Å². The molecule has 1 heterocycles. The molecule has 0 saturated carbocycles. The number of methoxy groups -OCH3 is 1. The zero-order valence-electron chi connectivity index (χ0n) is 15.1. The van der Waals surface area contributed by atoms with Crippen molar-refractivity contribution in [2.45, 2.75) is 6.92 Å². The molecule has 3 rings (SSSR count). The van der Waals surface area contributed by atoms with Crippen LogP contribution in [0.15, 0.2) is 65.8 Å². The van der Waals surface area contributed by atoms with Crippen LogP contribution in [0.25, 0.3) is 6.08 Å². The third-order valence-electron chi connectivity index (χ3n) is 3.92. The summed E-state index contributed by atoms with van der Waals surface area (Å²) >= 11 is 7.85. The Bertz CT molecular complexity index is 936. The number of carbonyl (C=O) groups is 1. The Kier molecular flexibility index (Phi) is 6.04. The van der Waals surface area contributed by atoms with Crippen molar-refractivity contribution >= 4 is 46.2 Å². The second-order valence-corrected chi connectivity index (χ2v) is 7.29. The highest BCUT2D eigenvalue weighted by atomic mass is 35.5. The summed E-state index contributed by atoms with van der Waals surface area (Å²) in [6.45, 7) is 5.70. The van der Waals surface area contributed by atoms with Crippen molar-refractivity contribution in [1.29, 1.82) is 0 Å². The zero-order valence-corrected chi connectivity index (χ0v) is 16.7. The molecule has 0 spiro atoms. The Morgan fingerprint density at radius 3 is 2.63 bits per heavy atom. The smallest absolute Gasteiger partial charge is 0.283 e. The average Bonchev–Trinajstić information content (AvgIpc) is 2.96. The maximum Gasteiger partial charge on any atom is 0.283 e. The van der Waals surface area contributed by atoms with Crippen molar-refractivity contribution < 1.29 is 9.53 Å². The van der Waals surface area contributed by atoms with Crippen molar-refractivity contribution in [3.8, 4) is 5.75 Å². The SMILES string of the molecule is C=CCSC1=N/C(=C/c2ccc(OC)cc2)C(=O)N1c1ccc(C)cc1Cl. The van der Waals surface area contributed by atoms with Crippen LogP contribution in [0.3, 0.4) is 0 Å². The number of amidine groups is 1. The molecule has 0 aromatic heterocycles. The van der Waals surface area contributed by atoms with Gasteiger partial charge in [-0.3, -0.25) is 9.69 Å². The molecule has 0 radical (unpaired) electrons. The highest BCUT2D eigenvalue weighted by molar-refractivity contribution is 8.14. The fraction of sp³-hybridized carbons (Fsp3) is 0.143. The summed E-state index contributed by atoms with van der Waals surface area (Å²) in [6, 6.07) is 13.1. The van der Waals surface area contributed by atoms with Gasteiger partial charge in [0.1, 0.15) is 11.4 Å². The monoisotopic (exact) mass is 398 g/mol. The Labute approximate surface area is 168 Å². The predicted molar refractivity (Wildman–Crippen MR) is 115 cm³/mol. The molecule has 0 atom stereocenters. The van der Waals surface area contributed by atoms with E-state index in [2.05, 4.69) is 11.6 Å². The number of nitrogens with zero attached hydrogens (tertiary/aromatic N) is 2. The molecule has 27 heavy (non-hydrogen) atoms. The lowest BCUT2D eigenvalue weighted by Crippen LogP contribution is -2.30. The average molecular weight is 399 g/mol. The minimum absolute atomic E-state index is 0.205. The molecule has 4 nitrogen and oxygen atoms in total. The van der Waals surface area contributed by atoms with E-state index in [-0.39, 0.29) is 5.91 Å². The molecule has 1 aliphatic heterocycles. The molecule has 0 saturated heterocycles. The number of anilines is 1. The van der Waals surface area contributed by atoms with Gasteiger partial charge in [-0.15, -0.1) is 6.58 Å². The van der Waals surface area contributed by atoms with Gasteiger partial charge < -0.3 is 4.74 Å². The van der Waals surface area contributed by atoms with Crippen LogP contribution in [0.2, 0.25) is 5.02 Å². The second-order valence-electron chi connectivity index (χ2n) is 5.89. The maximum atomic E-state index is 13.1. The number of thioether (sulfide) groups is 1. The highest BCUT2D eigenvalue weighted by Crippen LogP contribution is 2.34. The first-order valence-electron chi connectivity index (χ1n) is 8.32. The van der Waals surface area contributed by atoms with Crippen LogP contribution in [0.5, 0.6) is 5.75 Å². The van der Waals surface area contributed by atoms with Crippen LogP contribution < -0.4 is 9.64 Å². The van der Waals surface area contributed by atoms with Gasteiger partial charge in [0.25, 0.3) is 5.91 Å². The zero-order chi connectivity index (χ0) is 19.4. The molecule has 138 valence electrons. The summed E-state index contributed by atoms with van der Waals surface area (Å²) < 4.78 is 5.17. The van der Waals surface area contributed by atoms with Crippen molar-refractivity contribution in [2.75, 3.05) is 17.8 Å². The molecular formula is C21H19ClN2O2S. The Hall–Kier alpha value is -2.50. The van der Waals surface area contributed by atoms with E-state index in [0.29, 0.717) is 27.3 Å². The van der Waals surface area contributed by atoms with Gasteiger partial charge in [0.15, 0.2) is 5.17 Å². The van der Waals surface area contributed by atoms with Crippen LogP contribution in [0, 0.1) is 6.92 Å². The van der Waals surface area contributed by atoms with Gasteiger partial charge in [-0.1, -0.05) is 47.6 Å². The van der Waals surface area contributed by atoms with Crippen molar-refractivity contribution in [3.05, 3.63) is 77.0 Å². The lowest BCUT2D eigenvalue weighted by Gasteiger charge is -2.19. The molecule has 1 aliphatic rings. The third kappa shape index (κ3) is 4.26. The van der Waals surface area contributed by atoms with Crippen LogP contribution in [0.1, 0.15) is 11.1 Å². The van der Waals surface area contributed by atoms with Crippen LogP contribution in [-0.2, 0) is 4.79 Å². The van der Waals surface area contributed by atoms with Gasteiger partial charge in [0.2, 0.25) is 0 Å². The Morgan fingerprint density at radius 2 is 2.00 bits per heavy atom. The summed E-state index contributed by atoms with van der Waals surface area (Å²) in [6.07, 6.45) is 3.54. The molecule has 0 unspecified atom stereocenters. The van der Waals surface area contributed by atoms with Gasteiger partial charge >= 0.3 is 0 Å². The molecule has 0 N–H and O–H groups in total. The molecule has 2 aromatic rings. The van der Waals surface area contributed by atoms with E-state index in [1.54, 1.807) is 24.2 Å². The lowest BCUT2D eigenvalue weighted by molar-refractivity contribution is -0.113. The van der Waals surface area contributed by atoms with E-state index in [1.165, 1.54) is 11.8 Å². The van der Waals surface area contributed by atoms with Crippen molar-refractivity contribution in [1.82, 2.24) is 0 Å². The second kappa shape index (κ2) is 8.46. The fourth-order valence-corrected chi connectivity index (χ4v) is 3.65. The molecule has 0 bridgehead atoms. The number of ether oxygens (including phenoxy) is 1. The van der Waals surface area contributed by atoms with E-state index in [9.17, 15) is 4.79 Å². The molecule has 0 fully saturated rings. The molecular weight excluding hydrogens is 380 g/mol. The summed E-state index contributed by atoms with van der Waals surface area (Å²) in [7, 11) is 1.62. The number of aliphatic imine (C=N–C) groups is 1. The van der Waals surface area contributed by atoms with Crippen LogP contribution in [0.4, 0.5) is 5.69 Å². The predicted octanol–water partition coefficient (Wildman–Crippen LogP) is 5.32. The largest absolute Gasteiger partial charge is 0.497 e. The summed E-state index contributed by atoms with van der Waals surface area (Å²) in [5.41, 5.74) is 2.89. The number of aryl methyl sites for hydroxylation is 1. The van der Waals surface area contributed by atoms with E-state index >= 15 is 0 Å². The summed E-state index contributed by atoms with van der Waals surface area (Å²) in [4.78, 5) is 19.2. The topological polar surface area (TPSA) is 41.9 Å². The Morgan fingerprint density at radius 1 is 1.26 bits per heavy atom. The highest BCUT2D eigenvalue weighted by Gasteiger charge is 2.32. The number of benzene rings is 2. The van der Waals surface area contributed by atoms with E-state index in [1.807, 2.05) is 49.4 Å². The number of hydrogen-bond acceptors (Lipinski definition) is 4. The first-order valence-corrected chi connectivity index (χ1v) is 9.68. The summed E-state index contributed by atoms with van der Waals surface area (Å²) in [5.74, 6) is 1.19. The van der Waals surface area contributed by atoms with Gasteiger partial charge in [0, 0.05) is 5.75 Å². The minimum Gasteiger partial charge on any atom is -0.497 e. The van der Waals surface area contributed by atoms with Crippen LogP contribution >= 0.6 is 23.4 Å². The maximum absolute atomic E-state index is 13.1. The van der Waals surface area contributed by atoms with Crippen LogP contribution in [-0.4, -0.2) is 23.9 Å². The fourth-order valence-electron chi connectivity index (χ4n) is 2.59. The lowest BCUT2D eigenvalue weighted by atomic mass is 10.1. The van der Waals surface area contributed by atoms with Crippen molar-refractivity contribution in [2.24, 2.45) is 4.99 Å². The first-order chi connectivity index (χ1) is 13.0. The number of halogens is 1. The normalized spacial score (nSPS) is 15.2. The standard InChI is InChI=1S/C21H19ClN2O2S/c1-4-11-27-21-23-18(13-15-6-8-16(26-3)9-7-15)20(25)24(21)19-10-5-14(2)12-17(19)22/h4-10,12-13H,1,11H2,2-3H3/b18-13+. The van der Waals surface area contributed by atoms with Gasteiger partial charge in [-0.05, 0) is 48.4 Å². The first kappa shape index (κ1) is 19.3. The van der Waals surface area contributed by atoms with E-state index in [4.69, 9.17) is 16.3 Å². The molecule has 2 aromatic carbocycles. The van der Waals surface area contributed by atoms with E-state index < -0.39 is 0 Å². The molecule has 1 amide bonds. The van der Waals surface area contributed by atoms with Gasteiger partial charge in [-0.25, -0.2) is 4.99 Å². The quantitative estimate of drug-likeness (QED) is 0.505. The number of carbonyl (C=O) groups excluding carboxylic acids is 1. The molecule has 0 aliphatic carbocycles. The Balaban J connectivity index is 1.99. The minimum atomic E-state index is -0.205. The molecule has 6 heteroatoms. The van der Waals surface area contributed by atoms with Gasteiger partial charge in [-0.2, -0.15) is 0 Å². The van der Waals surface area contributed by atoms with Crippen molar-refractivity contribution in [3.63, 3.8) is 0 Å². The third-order valence-corrected chi connectivity index (χ3v) is 5.16. The number of hydrogen-bond donors (Lipinski definition) is 0.